The molecule has 9 heteroatoms. The highest BCUT2D eigenvalue weighted by molar-refractivity contribution is 5.99. The van der Waals surface area contributed by atoms with Gasteiger partial charge in [0.25, 0.3) is 5.91 Å². The third-order valence-corrected chi connectivity index (χ3v) is 7.21. The summed E-state index contributed by atoms with van der Waals surface area (Å²) in [5.74, 6) is -1.11. The molecule has 2 rings (SSSR count). The first-order valence-corrected chi connectivity index (χ1v) is 15.0. The van der Waals surface area contributed by atoms with Crippen LogP contribution in [0.4, 0.5) is 10.5 Å². The number of carbonyl (C=O) groups is 4. The molecule has 0 spiro atoms. The van der Waals surface area contributed by atoms with Crippen molar-refractivity contribution in [1.82, 2.24) is 10.2 Å². The van der Waals surface area contributed by atoms with Crippen LogP contribution in [0.25, 0.3) is 0 Å². The van der Waals surface area contributed by atoms with Gasteiger partial charge in [0.2, 0.25) is 11.8 Å². The molecule has 0 bridgehead atoms. The van der Waals surface area contributed by atoms with Gasteiger partial charge in [0, 0.05) is 18.2 Å². The molecule has 0 saturated carbocycles. The maximum atomic E-state index is 14.6. The average Bonchev–Trinajstić information content (AvgIpc) is 2.88. The third-order valence-electron chi connectivity index (χ3n) is 7.21. The van der Waals surface area contributed by atoms with Crippen LogP contribution in [0.1, 0.15) is 95.5 Å². The molecular weight excluding hydrogens is 544 g/mol. The summed E-state index contributed by atoms with van der Waals surface area (Å²) >= 11 is 0. The highest BCUT2D eigenvalue weighted by atomic mass is 16.6. The predicted molar refractivity (Wildman–Crippen MR) is 170 cm³/mol. The maximum absolute atomic E-state index is 14.6. The summed E-state index contributed by atoms with van der Waals surface area (Å²) in [6.45, 7) is 17.1. The van der Waals surface area contributed by atoms with Gasteiger partial charge in [-0.25, -0.2) is 4.79 Å². The minimum absolute atomic E-state index is 0.0418. The molecule has 3 atom stereocenters. The van der Waals surface area contributed by atoms with Crippen LogP contribution in [0.2, 0.25) is 0 Å². The van der Waals surface area contributed by atoms with E-state index in [1.807, 2.05) is 70.2 Å². The van der Waals surface area contributed by atoms with E-state index in [-0.39, 0.29) is 24.8 Å². The number of amides is 4. The summed E-state index contributed by atoms with van der Waals surface area (Å²) in [4.78, 5) is 55.1. The first-order valence-electron chi connectivity index (χ1n) is 15.0. The van der Waals surface area contributed by atoms with Crippen molar-refractivity contribution < 1.29 is 23.9 Å². The van der Waals surface area contributed by atoms with E-state index < -0.39 is 35.6 Å². The van der Waals surface area contributed by atoms with Crippen LogP contribution in [0, 0.1) is 26.7 Å². The zero-order valence-corrected chi connectivity index (χ0v) is 27.2. The number of nitrogens with two attached hydrogens (primary N) is 1. The molecule has 4 N–H and O–H groups in total. The summed E-state index contributed by atoms with van der Waals surface area (Å²) in [5, 5.41) is 5.71. The van der Waals surface area contributed by atoms with Gasteiger partial charge in [-0.2, -0.15) is 0 Å². The van der Waals surface area contributed by atoms with Gasteiger partial charge in [-0.1, -0.05) is 55.8 Å². The van der Waals surface area contributed by atoms with Crippen LogP contribution in [0.15, 0.2) is 42.5 Å². The summed E-state index contributed by atoms with van der Waals surface area (Å²) in [6, 6.07) is 10.7. The highest BCUT2D eigenvalue weighted by Crippen LogP contribution is 2.32. The number of rotatable bonds is 13. The van der Waals surface area contributed by atoms with Crippen LogP contribution in [0.3, 0.4) is 0 Å². The molecule has 0 aromatic heterocycles. The molecule has 0 aliphatic rings. The Morgan fingerprint density at radius 2 is 1.56 bits per heavy atom. The number of nitrogens with zero attached hydrogens (tertiary/aromatic N) is 1. The normalized spacial score (nSPS) is 13.5. The Balaban J connectivity index is 2.70. The van der Waals surface area contributed by atoms with E-state index in [0.29, 0.717) is 23.6 Å². The van der Waals surface area contributed by atoms with Crippen LogP contribution < -0.4 is 16.4 Å². The number of hydrogen-bond acceptors (Lipinski definition) is 5. The number of para-hydroxylation sites is 1. The van der Waals surface area contributed by atoms with E-state index in [1.54, 1.807) is 25.7 Å². The van der Waals surface area contributed by atoms with E-state index in [2.05, 4.69) is 24.5 Å². The minimum Gasteiger partial charge on any atom is -0.444 e. The number of alkyl carbamates (subject to hydrolysis) is 1. The lowest BCUT2D eigenvalue weighted by atomic mass is 9.93. The van der Waals surface area contributed by atoms with Gasteiger partial charge in [-0.15, -0.1) is 0 Å². The lowest BCUT2D eigenvalue weighted by Crippen LogP contribution is -2.55. The largest absolute Gasteiger partial charge is 0.444 e. The summed E-state index contributed by atoms with van der Waals surface area (Å²) in [7, 11) is 0. The Kier molecular flexibility index (Phi) is 12.8. The number of hydrogen-bond donors (Lipinski definition) is 3. The molecule has 0 fully saturated rings. The van der Waals surface area contributed by atoms with Crippen molar-refractivity contribution in [3.8, 4) is 0 Å². The zero-order valence-electron chi connectivity index (χ0n) is 27.2. The second-order valence-corrected chi connectivity index (χ2v) is 12.8. The molecule has 43 heavy (non-hydrogen) atoms. The molecule has 3 unspecified atom stereocenters. The molecule has 9 nitrogen and oxygen atoms in total. The fourth-order valence-electron chi connectivity index (χ4n) is 4.95. The van der Waals surface area contributed by atoms with E-state index >= 15 is 0 Å². The second-order valence-electron chi connectivity index (χ2n) is 12.8. The van der Waals surface area contributed by atoms with E-state index in [9.17, 15) is 19.2 Å². The second kappa shape index (κ2) is 15.5. The van der Waals surface area contributed by atoms with Gasteiger partial charge >= 0.3 is 6.09 Å². The number of benzene rings is 2. The molecule has 0 aliphatic heterocycles. The van der Waals surface area contributed by atoms with Crippen molar-refractivity contribution >= 4 is 29.5 Å². The Hall–Kier alpha value is -3.88. The zero-order chi connectivity index (χ0) is 32.5. The number of anilines is 1. The molecule has 236 valence electrons. The predicted octanol–water partition coefficient (Wildman–Crippen LogP) is 6.10. The molecule has 0 heterocycles. The SMILES string of the molecule is Cc1ccc(C(C(=O)Nc2ccccc2C)N(C(=O)C(CCC(N)=O)NC(=O)OC(C)(C)C)C(C)CCC(C)C)c(C)c1. The van der Waals surface area contributed by atoms with Crippen molar-refractivity contribution in [1.29, 1.82) is 0 Å². The number of aryl methyl sites for hydroxylation is 3. The summed E-state index contributed by atoms with van der Waals surface area (Å²) < 4.78 is 5.45. The average molecular weight is 595 g/mol. The van der Waals surface area contributed by atoms with Gasteiger partial charge in [-0.3, -0.25) is 14.4 Å². The number of nitrogens with one attached hydrogen (secondary N) is 2. The minimum atomic E-state index is -1.15. The molecular formula is C34H50N4O5. The fraction of sp³-hybridized carbons (Fsp3) is 0.529. The highest BCUT2D eigenvalue weighted by Gasteiger charge is 2.39. The maximum Gasteiger partial charge on any atom is 0.408 e. The Bertz CT molecular complexity index is 1280. The Labute approximate surface area is 256 Å². The van der Waals surface area contributed by atoms with E-state index in [0.717, 1.165) is 23.1 Å². The molecule has 0 radical (unpaired) electrons. The lowest BCUT2D eigenvalue weighted by Gasteiger charge is -2.39. The quantitative estimate of drug-likeness (QED) is 0.258. The van der Waals surface area contributed by atoms with Gasteiger partial charge in [-0.05, 0) is 96.4 Å². The van der Waals surface area contributed by atoms with Crippen LogP contribution in [0.5, 0.6) is 0 Å². The van der Waals surface area contributed by atoms with Crippen molar-refractivity contribution in [2.24, 2.45) is 11.7 Å². The summed E-state index contributed by atoms with van der Waals surface area (Å²) in [6.07, 6.45) is 0.467. The summed E-state index contributed by atoms with van der Waals surface area (Å²) in [5.41, 5.74) is 8.72. The Morgan fingerprint density at radius 3 is 2.12 bits per heavy atom. The number of primary amides is 1. The first kappa shape index (κ1) is 35.3. The Morgan fingerprint density at radius 1 is 0.907 bits per heavy atom. The van der Waals surface area contributed by atoms with Crippen molar-refractivity contribution in [2.75, 3.05) is 5.32 Å². The third kappa shape index (κ3) is 11.0. The van der Waals surface area contributed by atoms with E-state index in [4.69, 9.17) is 10.5 Å². The molecule has 2 aromatic rings. The van der Waals surface area contributed by atoms with Gasteiger partial charge in [0.05, 0.1) is 0 Å². The monoisotopic (exact) mass is 594 g/mol. The van der Waals surface area contributed by atoms with Crippen molar-refractivity contribution in [2.45, 2.75) is 112 Å². The standard InChI is InChI=1S/C34H50N4O5/c1-21(2)14-16-25(6)38(32(41)28(18-19-29(35)39)37-33(42)43-34(7,8)9)30(26-17-15-22(3)20-24(26)5)31(40)36-27-13-11-10-12-23(27)4/h10-13,15,17,20-21,25,28,30H,14,16,18-19H2,1-9H3,(H2,35,39)(H,36,40)(H,37,42). The molecule has 4 amide bonds. The van der Waals surface area contributed by atoms with Gasteiger partial charge in [0.1, 0.15) is 17.7 Å². The van der Waals surface area contributed by atoms with Gasteiger partial charge in [0.15, 0.2) is 0 Å². The first-order chi connectivity index (χ1) is 20.0. The van der Waals surface area contributed by atoms with Crippen LogP contribution >= 0.6 is 0 Å². The molecule has 0 saturated heterocycles. The van der Waals surface area contributed by atoms with Crippen molar-refractivity contribution in [3.05, 3.63) is 64.7 Å². The smallest absolute Gasteiger partial charge is 0.408 e. The van der Waals surface area contributed by atoms with E-state index in [1.165, 1.54) is 0 Å². The van der Waals surface area contributed by atoms with Crippen LogP contribution in [-0.2, 0) is 19.1 Å². The topological polar surface area (TPSA) is 131 Å². The van der Waals surface area contributed by atoms with Crippen LogP contribution in [-0.4, -0.2) is 46.4 Å². The molecule has 2 aromatic carbocycles. The fourth-order valence-corrected chi connectivity index (χ4v) is 4.95. The number of carbonyl (C=O) groups excluding carboxylic acids is 4. The molecule has 0 aliphatic carbocycles. The lowest BCUT2D eigenvalue weighted by molar-refractivity contribution is -0.143. The van der Waals surface area contributed by atoms with Crippen molar-refractivity contribution in [3.63, 3.8) is 0 Å². The number of ether oxygens (including phenoxy) is 1. The van der Waals surface area contributed by atoms with Gasteiger partial charge < -0.3 is 26.0 Å².